The normalized spacial score (nSPS) is 7.80. The molecule has 0 spiro atoms. The Labute approximate surface area is 132 Å². The molecule has 0 fully saturated rings. The van der Waals surface area contributed by atoms with Crippen LogP contribution in [0.25, 0.3) is 0 Å². The molecule has 0 heterocycles. The van der Waals surface area contributed by atoms with E-state index in [1.165, 1.54) is 20.8 Å². The fourth-order valence-corrected chi connectivity index (χ4v) is 0. The van der Waals surface area contributed by atoms with Crippen molar-refractivity contribution in [2.75, 3.05) is 33.8 Å². The Hall–Kier alpha value is -0.333. The molecule has 0 aromatic carbocycles. The van der Waals surface area contributed by atoms with Crippen LogP contribution >= 0.6 is 11.8 Å². The van der Waals surface area contributed by atoms with Crippen LogP contribution < -0.4 is 5.32 Å². The van der Waals surface area contributed by atoms with Gasteiger partial charge in [-0.25, -0.2) is 0 Å². The third-order valence-electron chi connectivity index (χ3n) is 0.352. The van der Waals surface area contributed by atoms with Gasteiger partial charge >= 0.3 is 0 Å². The van der Waals surface area contributed by atoms with Crippen LogP contribution in [0, 0.1) is 0 Å². The van der Waals surface area contributed by atoms with Crippen molar-refractivity contribution in [2.24, 2.45) is 0 Å². The van der Waals surface area contributed by atoms with Crippen LogP contribution in [-0.2, 0) is 14.3 Å². The molecule has 1 amide bonds. The highest BCUT2D eigenvalue weighted by Crippen LogP contribution is 1.94. The maximum atomic E-state index is 9.70. The summed E-state index contributed by atoms with van der Waals surface area (Å²) >= 11 is 1.75. The molecule has 0 aliphatic heterocycles. The molecule has 4 nitrogen and oxygen atoms in total. The second-order valence-corrected chi connectivity index (χ2v) is 12.3. The van der Waals surface area contributed by atoms with E-state index in [-0.39, 0.29) is 11.7 Å². The highest BCUT2D eigenvalue weighted by Gasteiger charge is 1.99. The molecule has 0 radical (unpaired) electrons. The van der Waals surface area contributed by atoms with E-state index in [4.69, 9.17) is 0 Å². The second-order valence-electron chi connectivity index (χ2n) is 5.53. The number of carbonyl (C=O) groups excluding carboxylic acids is 2. The number of ketones is 1. The van der Waals surface area contributed by atoms with Crippen molar-refractivity contribution >= 4 is 31.5 Å². The zero-order chi connectivity index (χ0) is 17.8. The molecule has 0 aliphatic carbocycles. The van der Waals surface area contributed by atoms with Gasteiger partial charge in [0.25, 0.3) is 0 Å². The number of hydrogen-bond donors (Lipinski definition) is 1. The summed E-state index contributed by atoms with van der Waals surface area (Å²) in [6, 6.07) is 0. The van der Waals surface area contributed by atoms with E-state index >= 15 is 0 Å². The molecule has 20 heavy (non-hydrogen) atoms. The number of Topliss-reactive ketones (excluding diaryl/α,β-unsaturated/α-hetero) is 1. The molecule has 0 aromatic rings. The molecule has 0 saturated carbocycles. The Kier molecular flexibility index (Phi) is 43.1. The van der Waals surface area contributed by atoms with Gasteiger partial charge in [0.2, 0.25) is 5.91 Å². The van der Waals surface area contributed by atoms with Gasteiger partial charge in [0, 0.05) is 36.3 Å². The summed E-state index contributed by atoms with van der Waals surface area (Å²) in [5.41, 5.74) is 0. The van der Waals surface area contributed by atoms with Crippen molar-refractivity contribution in [3.05, 3.63) is 0 Å². The number of carbonyl (C=O) groups is 2. The molecule has 0 bridgehead atoms. The fraction of sp³-hybridized carbons (Fsp3) is 0.857. The lowest BCUT2D eigenvalue weighted by Gasteiger charge is -2.01. The lowest BCUT2D eigenvalue weighted by molar-refractivity contribution is -0.118. The van der Waals surface area contributed by atoms with E-state index in [0.29, 0.717) is 0 Å². The van der Waals surface area contributed by atoms with Gasteiger partial charge in [0.1, 0.15) is 5.78 Å². The first-order valence-electron chi connectivity index (χ1n) is 6.29. The number of ether oxygens (including phenoxy) is 1. The van der Waals surface area contributed by atoms with Crippen LogP contribution in [0.5, 0.6) is 0 Å². The molecule has 0 aromatic heterocycles. The van der Waals surface area contributed by atoms with E-state index in [0.717, 1.165) is 0 Å². The van der Waals surface area contributed by atoms with Gasteiger partial charge in [-0.3, -0.25) is 4.79 Å². The lowest BCUT2D eigenvalue weighted by Crippen LogP contribution is -2.11. The highest BCUT2D eigenvalue weighted by molar-refractivity contribution is 7.97. The third kappa shape index (κ3) is 1770. The van der Waals surface area contributed by atoms with Gasteiger partial charge in [-0.15, -0.1) is 0 Å². The van der Waals surface area contributed by atoms with E-state index in [1.54, 1.807) is 33.0 Å². The van der Waals surface area contributed by atoms with E-state index < -0.39 is 8.07 Å². The molecular weight excluding hydrogens is 290 g/mol. The highest BCUT2D eigenvalue weighted by atomic mass is 32.2. The number of nitrogens with one attached hydrogen (secondary N) is 1. The van der Waals surface area contributed by atoms with Crippen LogP contribution in [0.3, 0.4) is 0 Å². The van der Waals surface area contributed by atoms with Crippen LogP contribution in [0.15, 0.2) is 0 Å². The smallest absolute Gasteiger partial charge is 0.216 e. The van der Waals surface area contributed by atoms with Gasteiger partial charge in [-0.1, -0.05) is 26.2 Å². The molecule has 6 heteroatoms. The predicted molar refractivity (Wildman–Crippen MR) is 97.7 cm³/mol. The van der Waals surface area contributed by atoms with Gasteiger partial charge < -0.3 is 14.8 Å². The molecule has 0 rings (SSSR count). The third-order valence-corrected chi connectivity index (χ3v) is 0.352. The molecular formula is C14H37NO3SSi. The first-order valence-corrected chi connectivity index (χ1v) is 11.9. The minimum Gasteiger partial charge on any atom is -0.388 e. The summed E-state index contributed by atoms with van der Waals surface area (Å²) in [6.07, 6.45) is 4.08. The zero-order valence-electron chi connectivity index (χ0n) is 15.6. The minimum absolute atomic E-state index is 0.00463. The van der Waals surface area contributed by atoms with Crippen LogP contribution in [-0.4, -0.2) is 53.5 Å². The number of thioether (sulfide) groups is 1. The van der Waals surface area contributed by atoms with Gasteiger partial charge in [0.05, 0.1) is 0 Å². The summed E-state index contributed by atoms with van der Waals surface area (Å²) in [4.78, 5) is 19.1. The predicted octanol–water partition coefficient (Wildman–Crippen LogP) is 3.54. The average molecular weight is 328 g/mol. The first-order chi connectivity index (χ1) is 8.83. The Morgan fingerprint density at radius 1 is 0.950 bits per heavy atom. The van der Waals surface area contributed by atoms with Gasteiger partial charge in [0.15, 0.2) is 0 Å². The largest absolute Gasteiger partial charge is 0.388 e. The Morgan fingerprint density at radius 2 is 1.00 bits per heavy atom. The first kappa shape index (κ1) is 31.9. The second kappa shape index (κ2) is 27.1. The van der Waals surface area contributed by atoms with Gasteiger partial charge in [-0.2, -0.15) is 11.8 Å². The molecule has 0 saturated heterocycles. The Balaban J connectivity index is -0.0000000478. The molecule has 1 N–H and O–H groups in total. The maximum Gasteiger partial charge on any atom is 0.216 e. The van der Waals surface area contributed by atoms with Crippen molar-refractivity contribution < 1.29 is 14.3 Å². The molecule has 0 aliphatic rings. The number of methoxy groups -OCH3 is 1. The van der Waals surface area contributed by atoms with Crippen molar-refractivity contribution in [3.8, 4) is 0 Å². The molecule has 126 valence electrons. The topological polar surface area (TPSA) is 55.4 Å². The van der Waals surface area contributed by atoms with Crippen LogP contribution in [0.1, 0.15) is 20.8 Å². The summed E-state index contributed by atoms with van der Waals surface area (Å²) in [6.45, 7) is 13.8. The molecule has 0 atom stereocenters. The Morgan fingerprint density at radius 3 is 1.00 bits per heavy atom. The zero-order valence-corrected chi connectivity index (χ0v) is 17.4. The van der Waals surface area contributed by atoms with E-state index in [2.05, 4.69) is 36.2 Å². The monoisotopic (exact) mass is 327 g/mol. The summed E-state index contributed by atoms with van der Waals surface area (Å²) < 4.78 is 4.25. The Bertz CT molecular complexity index is 183. The number of hydrogen-bond acceptors (Lipinski definition) is 4. The quantitative estimate of drug-likeness (QED) is 0.691. The van der Waals surface area contributed by atoms with Crippen molar-refractivity contribution in [1.29, 1.82) is 0 Å². The van der Waals surface area contributed by atoms with E-state index in [1.807, 2.05) is 12.5 Å². The average Bonchev–Trinajstić information content (AvgIpc) is 2.16. The standard InChI is InChI=1S/C4H12Si.C3H7NO.C3H6O.C2H6O.C2H6S/c1-5(2,3)4;1-3(5)4-2;1-3(2)4;2*1-3-2/h1-4H3;1-2H3,(H,4,5);1-2H3;2*1-2H3. The number of rotatable bonds is 0. The van der Waals surface area contributed by atoms with Crippen LogP contribution in [0.4, 0.5) is 0 Å². The summed E-state index contributed by atoms with van der Waals surface area (Å²) in [5, 5.41) is 2.39. The fourth-order valence-electron chi connectivity index (χ4n) is 0. The number of amides is 1. The lowest BCUT2D eigenvalue weighted by atomic mass is 10.6. The van der Waals surface area contributed by atoms with Crippen molar-refractivity contribution in [1.82, 2.24) is 5.32 Å². The maximum absolute atomic E-state index is 9.70. The summed E-state index contributed by atoms with van der Waals surface area (Å²) in [7, 11) is 4.24. The van der Waals surface area contributed by atoms with Crippen molar-refractivity contribution in [3.63, 3.8) is 0 Å². The minimum atomic E-state index is -0.611. The SMILES string of the molecule is CC(C)=O.CNC(C)=O.COC.CSC.C[Si](C)(C)C. The van der Waals surface area contributed by atoms with Crippen LogP contribution in [0.2, 0.25) is 26.2 Å². The summed E-state index contributed by atoms with van der Waals surface area (Å²) in [5.74, 6) is 0.171. The molecule has 0 unspecified atom stereocenters. The van der Waals surface area contributed by atoms with E-state index in [9.17, 15) is 9.59 Å². The van der Waals surface area contributed by atoms with Gasteiger partial charge in [-0.05, 0) is 26.4 Å². The van der Waals surface area contributed by atoms with Crippen molar-refractivity contribution in [2.45, 2.75) is 47.0 Å².